The number of aromatic nitrogens is 2. The van der Waals surface area contributed by atoms with Gasteiger partial charge >= 0.3 is 5.97 Å². The van der Waals surface area contributed by atoms with Crippen molar-refractivity contribution in [3.63, 3.8) is 0 Å². The number of carboxylic acid groups (broad SMARTS) is 1. The molecule has 5 heteroatoms. The van der Waals surface area contributed by atoms with Crippen molar-refractivity contribution >= 4 is 5.97 Å². The number of hydrogen-bond acceptors (Lipinski definition) is 2. The zero-order valence-corrected chi connectivity index (χ0v) is 14.9. The van der Waals surface area contributed by atoms with E-state index >= 15 is 0 Å². The standard InChI is InChI=1S/C21H22N2O3/c1-3-15(2)18(21(24)25)22-14-23(26)20(17-12-8-5-9-13-17)19(22)16-10-6-4-7-11-16/h4-15,18H,3H2,1-2H3,(H,24,25)/t15-,18+/m1/s1. The summed E-state index contributed by atoms with van der Waals surface area (Å²) in [7, 11) is 0. The van der Waals surface area contributed by atoms with Gasteiger partial charge in [0.1, 0.15) is 0 Å². The van der Waals surface area contributed by atoms with Gasteiger partial charge in [-0.25, -0.2) is 14.1 Å². The highest BCUT2D eigenvalue weighted by molar-refractivity contribution is 5.79. The molecule has 3 aromatic rings. The van der Waals surface area contributed by atoms with E-state index in [-0.39, 0.29) is 5.92 Å². The second-order valence-corrected chi connectivity index (χ2v) is 6.45. The Bertz CT molecular complexity index is 888. The Hall–Kier alpha value is -3.08. The zero-order valence-electron chi connectivity index (χ0n) is 14.9. The predicted molar refractivity (Wildman–Crippen MR) is 100 cm³/mol. The number of aliphatic carboxylic acids is 1. The molecular formula is C21H22N2O3. The van der Waals surface area contributed by atoms with Gasteiger partial charge in [-0.15, -0.1) is 0 Å². The van der Waals surface area contributed by atoms with Gasteiger partial charge in [-0.1, -0.05) is 74.5 Å². The molecule has 3 rings (SSSR count). The molecule has 0 unspecified atom stereocenters. The first kappa shape index (κ1) is 17.7. The number of rotatable bonds is 6. The maximum Gasteiger partial charge on any atom is 0.349 e. The molecule has 0 spiro atoms. The van der Waals surface area contributed by atoms with Crippen LogP contribution < -0.4 is 4.73 Å². The highest BCUT2D eigenvalue weighted by Crippen LogP contribution is 2.34. The molecule has 5 nitrogen and oxygen atoms in total. The Balaban J connectivity index is 2.31. The van der Waals surface area contributed by atoms with E-state index in [0.29, 0.717) is 17.8 Å². The molecular weight excluding hydrogens is 328 g/mol. The van der Waals surface area contributed by atoms with E-state index in [0.717, 1.165) is 15.9 Å². The monoisotopic (exact) mass is 350 g/mol. The minimum absolute atomic E-state index is 0.119. The molecule has 0 bridgehead atoms. The molecule has 26 heavy (non-hydrogen) atoms. The summed E-state index contributed by atoms with van der Waals surface area (Å²) in [6.45, 7) is 3.85. The largest absolute Gasteiger partial charge is 0.710 e. The summed E-state index contributed by atoms with van der Waals surface area (Å²) < 4.78 is 2.39. The first-order valence-electron chi connectivity index (χ1n) is 8.72. The fraction of sp³-hybridized carbons (Fsp3) is 0.238. The quantitative estimate of drug-likeness (QED) is 0.537. The number of carboxylic acids is 1. The van der Waals surface area contributed by atoms with E-state index < -0.39 is 12.0 Å². The predicted octanol–water partition coefficient (Wildman–Crippen LogP) is 4.13. The van der Waals surface area contributed by atoms with Crippen LogP contribution in [0.3, 0.4) is 0 Å². The lowest BCUT2D eigenvalue weighted by Crippen LogP contribution is -2.29. The van der Waals surface area contributed by atoms with Crippen LogP contribution in [0.1, 0.15) is 26.3 Å². The molecule has 0 aliphatic heterocycles. The molecule has 2 aromatic carbocycles. The second kappa shape index (κ2) is 7.44. The van der Waals surface area contributed by atoms with Crippen molar-refractivity contribution in [3.8, 4) is 22.5 Å². The molecule has 2 atom stereocenters. The average Bonchev–Trinajstić information content (AvgIpc) is 2.99. The Morgan fingerprint density at radius 3 is 2.12 bits per heavy atom. The van der Waals surface area contributed by atoms with Gasteiger partial charge in [0, 0.05) is 17.0 Å². The van der Waals surface area contributed by atoms with Crippen molar-refractivity contribution in [1.29, 1.82) is 0 Å². The third-order valence-corrected chi connectivity index (χ3v) is 4.76. The van der Waals surface area contributed by atoms with E-state index in [1.54, 1.807) is 4.57 Å². The molecule has 1 N–H and O–H groups in total. The molecule has 0 saturated heterocycles. The summed E-state index contributed by atoms with van der Waals surface area (Å²) in [6, 6.07) is 18.0. The Morgan fingerprint density at radius 2 is 1.62 bits per heavy atom. The van der Waals surface area contributed by atoms with Crippen molar-refractivity contribution in [3.05, 3.63) is 72.2 Å². The maximum absolute atomic E-state index is 12.8. The van der Waals surface area contributed by atoms with Crippen LogP contribution in [-0.2, 0) is 4.79 Å². The Labute approximate surface area is 152 Å². The molecule has 0 aliphatic carbocycles. The van der Waals surface area contributed by atoms with Crippen LogP contribution in [0.4, 0.5) is 0 Å². The molecule has 1 heterocycles. The average molecular weight is 350 g/mol. The fourth-order valence-corrected chi connectivity index (χ4v) is 3.27. The van der Waals surface area contributed by atoms with E-state index in [1.807, 2.05) is 74.5 Å². The highest BCUT2D eigenvalue weighted by Gasteiger charge is 2.35. The van der Waals surface area contributed by atoms with Crippen LogP contribution in [0, 0.1) is 11.1 Å². The van der Waals surface area contributed by atoms with E-state index in [1.165, 1.54) is 6.33 Å². The zero-order chi connectivity index (χ0) is 18.7. The van der Waals surface area contributed by atoms with Crippen molar-refractivity contribution < 1.29 is 14.6 Å². The van der Waals surface area contributed by atoms with Crippen molar-refractivity contribution in [2.24, 2.45) is 5.92 Å². The summed E-state index contributed by atoms with van der Waals surface area (Å²) in [5.41, 5.74) is 2.66. The van der Waals surface area contributed by atoms with Gasteiger partial charge < -0.3 is 10.3 Å². The van der Waals surface area contributed by atoms with Gasteiger partial charge in [0.2, 0.25) is 12.4 Å². The van der Waals surface area contributed by atoms with Gasteiger partial charge in [-0.05, 0) is 6.42 Å². The Kier molecular flexibility index (Phi) is 5.07. The fourth-order valence-electron chi connectivity index (χ4n) is 3.27. The van der Waals surface area contributed by atoms with E-state index in [2.05, 4.69) is 0 Å². The van der Waals surface area contributed by atoms with Crippen molar-refractivity contribution in [1.82, 2.24) is 4.57 Å². The summed E-state index contributed by atoms with van der Waals surface area (Å²) in [5, 5.41) is 22.6. The minimum atomic E-state index is -0.938. The van der Waals surface area contributed by atoms with Crippen LogP contribution in [-0.4, -0.2) is 15.6 Å². The van der Waals surface area contributed by atoms with Crippen LogP contribution >= 0.6 is 0 Å². The van der Waals surface area contributed by atoms with E-state index in [9.17, 15) is 15.1 Å². The first-order valence-corrected chi connectivity index (χ1v) is 8.72. The summed E-state index contributed by atoms with van der Waals surface area (Å²) in [4.78, 5) is 12.0. The summed E-state index contributed by atoms with van der Waals surface area (Å²) in [5.74, 6) is -1.06. The number of benzene rings is 2. The topological polar surface area (TPSA) is 69.2 Å². The van der Waals surface area contributed by atoms with Gasteiger partial charge in [0.15, 0.2) is 11.4 Å². The second-order valence-electron chi connectivity index (χ2n) is 6.45. The number of imidazole rings is 1. The third kappa shape index (κ3) is 3.20. The van der Waals surface area contributed by atoms with Gasteiger partial charge in [-0.2, -0.15) is 0 Å². The minimum Gasteiger partial charge on any atom is -0.710 e. The lowest BCUT2D eigenvalue weighted by molar-refractivity contribution is -0.593. The maximum atomic E-state index is 12.8. The van der Waals surface area contributed by atoms with Crippen LogP contribution in [0.15, 0.2) is 67.0 Å². The number of hydrogen-bond donors (Lipinski definition) is 1. The first-order chi connectivity index (χ1) is 12.5. The molecule has 1 aromatic heterocycles. The van der Waals surface area contributed by atoms with Crippen molar-refractivity contribution in [2.75, 3.05) is 0 Å². The molecule has 0 aliphatic rings. The van der Waals surface area contributed by atoms with Gasteiger partial charge in [-0.3, -0.25) is 0 Å². The smallest absolute Gasteiger partial charge is 0.349 e. The Morgan fingerprint density at radius 1 is 1.08 bits per heavy atom. The van der Waals surface area contributed by atoms with Crippen molar-refractivity contribution in [2.45, 2.75) is 26.3 Å². The van der Waals surface area contributed by atoms with Gasteiger partial charge in [0.05, 0.1) is 0 Å². The summed E-state index contributed by atoms with van der Waals surface area (Å²) in [6.07, 6.45) is 2.05. The SMILES string of the molecule is CC[C@@H](C)[C@@H](C(=O)O)n1c[n+]([O-])c(-c2ccccc2)c1-c1ccccc1. The molecule has 0 fully saturated rings. The number of carbonyl (C=O) groups is 1. The molecule has 0 saturated carbocycles. The lowest BCUT2D eigenvalue weighted by Gasteiger charge is -2.17. The lowest BCUT2D eigenvalue weighted by atomic mass is 9.97. The molecule has 0 amide bonds. The normalized spacial score (nSPS) is 13.3. The summed E-state index contributed by atoms with van der Waals surface area (Å²) >= 11 is 0. The highest BCUT2D eigenvalue weighted by atomic mass is 16.5. The van der Waals surface area contributed by atoms with Crippen LogP contribution in [0.25, 0.3) is 22.5 Å². The third-order valence-electron chi connectivity index (χ3n) is 4.76. The van der Waals surface area contributed by atoms with Crippen LogP contribution in [0.2, 0.25) is 0 Å². The molecule has 134 valence electrons. The number of nitrogens with zero attached hydrogens (tertiary/aromatic N) is 2. The van der Waals surface area contributed by atoms with Crippen LogP contribution in [0.5, 0.6) is 0 Å². The van der Waals surface area contributed by atoms with Gasteiger partial charge in [0.25, 0.3) is 0 Å². The van der Waals surface area contributed by atoms with E-state index in [4.69, 9.17) is 0 Å². The molecule has 0 radical (unpaired) electrons.